The van der Waals surface area contributed by atoms with Crippen molar-refractivity contribution in [3.63, 3.8) is 0 Å². The van der Waals surface area contributed by atoms with E-state index < -0.39 is 0 Å². The Labute approximate surface area is 149 Å². The lowest BCUT2D eigenvalue weighted by Gasteiger charge is -2.17. The van der Waals surface area contributed by atoms with E-state index in [1.165, 1.54) is 17.8 Å². The van der Waals surface area contributed by atoms with E-state index in [-0.39, 0.29) is 17.5 Å². The van der Waals surface area contributed by atoms with Gasteiger partial charge in [-0.3, -0.25) is 4.79 Å². The molecule has 6 heteroatoms. The van der Waals surface area contributed by atoms with Gasteiger partial charge in [0.05, 0.1) is 5.75 Å². The maximum Gasteiger partial charge on any atom is 0.232 e. The van der Waals surface area contributed by atoms with Gasteiger partial charge in [0.15, 0.2) is 0 Å². The molecule has 2 nitrogen and oxygen atoms in total. The molecule has 0 saturated heterocycles. The van der Waals surface area contributed by atoms with Crippen molar-refractivity contribution >= 4 is 40.9 Å². The van der Waals surface area contributed by atoms with Crippen molar-refractivity contribution in [1.82, 2.24) is 4.90 Å². The number of hydrogen-bond acceptors (Lipinski definition) is 2. The molecule has 0 saturated carbocycles. The second kappa shape index (κ2) is 8.57. The van der Waals surface area contributed by atoms with Gasteiger partial charge in [-0.2, -0.15) is 0 Å². The third-order valence-electron chi connectivity index (χ3n) is 3.29. The van der Waals surface area contributed by atoms with Crippen molar-refractivity contribution in [2.24, 2.45) is 0 Å². The molecule has 0 aliphatic carbocycles. The highest BCUT2D eigenvalue weighted by molar-refractivity contribution is 7.99. The fourth-order valence-corrected chi connectivity index (χ4v) is 3.40. The average Bonchev–Trinajstić information content (AvgIpc) is 2.52. The molecule has 2 aromatic rings. The zero-order chi connectivity index (χ0) is 16.8. The summed E-state index contributed by atoms with van der Waals surface area (Å²) < 4.78 is 13.6. The topological polar surface area (TPSA) is 20.3 Å². The Hall–Kier alpha value is -1.23. The van der Waals surface area contributed by atoms with E-state index in [2.05, 4.69) is 0 Å². The molecule has 0 fully saturated rings. The Balaban J connectivity index is 1.83. The van der Waals surface area contributed by atoms with Crippen LogP contribution in [-0.4, -0.2) is 23.6 Å². The van der Waals surface area contributed by atoms with Crippen LogP contribution in [-0.2, 0) is 17.1 Å². The maximum absolute atomic E-state index is 13.6. The zero-order valence-corrected chi connectivity index (χ0v) is 14.9. The molecule has 0 aliphatic rings. The van der Waals surface area contributed by atoms with Gasteiger partial charge < -0.3 is 4.90 Å². The number of nitrogens with zero attached hydrogens (tertiary/aromatic N) is 1. The van der Waals surface area contributed by atoms with E-state index in [4.69, 9.17) is 23.2 Å². The first-order chi connectivity index (χ1) is 11.0. The van der Waals surface area contributed by atoms with Crippen LogP contribution in [0.3, 0.4) is 0 Å². The van der Waals surface area contributed by atoms with E-state index in [0.29, 0.717) is 27.9 Å². The highest BCUT2D eigenvalue weighted by Crippen LogP contribution is 2.24. The molecule has 0 N–H and O–H groups in total. The summed E-state index contributed by atoms with van der Waals surface area (Å²) in [4.78, 5) is 13.8. The summed E-state index contributed by atoms with van der Waals surface area (Å²) in [5.74, 6) is 0.283. The van der Waals surface area contributed by atoms with Crippen molar-refractivity contribution < 1.29 is 9.18 Å². The summed E-state index contributed by atoms with van der Waals surface area (Å²) in [6.45, 7) is 0.511. The smallest absolute Gasteiger partial charge is 0.232 e. The Morgan fingerprint density at radius 1 is 1.17 bits per heavy atom. The van der Waals surface area contributed by atoms with Crippen LogP contribution in [0.15, 0.2) is 42.5 Å². The van der Waals surface area contributed by atoms with Crippen LogP contribution in [0.2, 0.25) is 10.0 Å². The summed E-state index contributed by atoms with van der Waals surface area (Å²) >= 11 is 13.2. The molecule has 2 aromatic carbocycles. The van der Waals surface area contributed by atoms with Crippen LogP contribution in [0.25, 0.3) is 0 Å². The highest BCUT2D eigenvalue weighted by Gasteiger charge is 2.12. The van der Waals surface area contributed by atoms with E-state index in [9.17, 15) is 9.18 Å². The van der Waals surface area contributed by atoms with Crippen LogP contribution < -0.4 is 0 Å². The Morgan fingerprint density at radius 3 is 2.52 bits per heavy atom. The van der Waals surface area contributed by atoms with Crippen LogP contribution >= 0.6 is 35.0 Å². The van der Waals surface area contributed by atoms with Gasteiger partial charge in [-0.15, -0.1) is 11.8 Å². The second-order valence-corrected chi connectivity index (χ2v) is 6.90. The molecule has 0 aliphatic heterocycles. The van der Waals surface area contributed by atoms with Gasteiger partial charge in [-0.1, -0.05) is 41.4 Å². The fourth-order valence-electron chi connectivity index (χ4n) is 1.97. The Kier molecular flexibility index (Phi) is 6.75. The lowest BCUT2D eigenvalue weighted by molar-refractivity contribution is -0.127. The molecule has 0 spiro atoms. The van der Waals surface area contributed by atoms with Crippen molar-refractivity contribution in [3.8, 4) is 0 Å². The molecule has 2 rings (SSSR count). The van der Waals surface area contributed by atoms with Gasteiger partial charge in [0.2, 0.25) is 5.91 Å². The third kappa shape index (κ3) is 5.41. The fraction of sp³-hybridized carbons (Fsp3) is 0.235. The quantitative estimate of drug-likeness (QED) is 0.709. The van der Waals surface area contributed by atoms with E-state index in [1.807, 2.05) is 12.1 Å². The minimum atomic E-state index is -0.341. The predicted molar refractivity (Wildman–Crippen MR) is 95.5 cm³/mol. The first-order valence-corrected chi connectivity index (χ1v) is 8.87. The summed E-state index contributed by atoms with van der Waals surface area (Å²) in [6, 6.07) is 12.0. The van der Waals surface area contributed by atoms with Gasteiger partial charge in [0.1, 0.15) is 5.82 Å². The number of amides is 1. The minimum Gasteiger partial charge on any atom is -0.341 e. The van der Waals surface area contributed by atoms with E-state index in [1.54, 1.807) is 36.2 Å². The van der Waals surface area contributed by atoms with Crippen LogP contribution in [0, 0.1) is 5.82 Å². The molecular formula is C17H16Cl2FNOS. The van der Waals surface area contributed by atoms with Crippen LogP contribution in [0.1, 0.15) is 11.1 Å². The molecule has 0 aromatic heterocycles. The second-order valence-electron chi connectivity index (χ2n) is 5.07. The summed E-state index contributed by atoms with van der Waals surface area (Å²) in [7, 11) is 1.74. The standard InChI is InChI=1S/C17H16Cl2FNOS/c1-21(9-12-5-7-13(18)8-6-12)17(22)11-23-10-14-15(19)3-2-4-16(14)20/h2-8H,9-11H2,1H3. The number of halogens is 3. The first-order valence-electron chi connectivity index (χ1n) is 6.96. The number of benzene rings is 2. The third-order valence-corrected chi connectivity index (χ3v) is 4.84. The molecule has 0 atom stereocenters. The monoisotopic (exact) mass is 371 g/mol. The van der Waals surface area contributed by atoms with Crippen molar-refractivity contribution in [2.45, 2.75) is 12.3 Å². The number of hydrogen-bond donors (Lipinski definition) is 0. The normalized spacial score (nSPS) is 10.6. The number of thioether (sulfide) groups is 1. The van der Waals surface area contributed by atoms with E-state index in [0.717, 1.165) is 5.56 Å². The molecular weight excluding hydrogens is 356 g/mol. The van der Waals surface area contributed by atoms with Gasteiger partial charge in [-0.05, 0) is 29.8 Å². The van der Waals surface area contributed by atoms with Crippen LogP contribution in [0.5, 0.6) is 0 Å². The Bertz CT molecular complexity index is 659. The maximum atomic E-state index is 13.6. The molecule has 122 valence electrons. The Morgan fingerprint density at radius 2 is 1.87 bits per heavy atom. The minimum absolute atomic E-state index is 0.0163. The van der Waals surface area contributed by atoms with Gasteiger partial charge in [0.25, 0.3) is 0 Å². The summed E-state index contributed by atoms with van der Waals surface area (Å²) in [5.41, 5.74) is 1.44. The largest absolute Gasteiger partial charge is 0.341 e. The lowest BCUT2D eigenvalue weighted by Crippen LogP contribution is -2.27. The van der Waals surface area contributed by atoms with E-state index >= 15 is 0 Å². The predicted octanol–water partition coefficient (Wildman–Crippen LogP) is 5.02. The van der Waals surface area contributed by atoms with Gasteiger partial charge in [-0.25, -0.2) is 4.39 Å². The SMILES string of the molecule is CN(Cc1ccc(Cl)cc1)C(=O)CSCc1c(F)cccc1Cl. The molecule has 1 amide bonds. The number of carbonyl (C=O) groups excluding carboxylic acids is 1. The first kappa shape index (κ1) is 18.1. The van der Waals surface area contributed by atoms with Gasteiger partial charge >= 0.3 is 0 Å². The number of rotatable bonds is 6. The molecule has 0 bridgehead atoms. The highest BCUT2D eigenvalue weighted by atomic mass is 35.5. The van der Waals surface area contributed by atoms with Crippen molar-refractivity contribution in [1.29, 1.82) is 0 Å². The van der Waals surface area contributed by atoms with Crippen LogP contribution in [0.4, 0.5) is 4.39 Å². The molecule has 23 heavy (non-hydrogen) atoms. The lowest BCUT2D eigenvalue weighted by atomic mass is 10.2. The molecule has 0 heterocycles. The van der Waals surface area contributed by atoms with Crippen molar-refractivity contribution in [3.05, 3.63) is 69.5 Å². The zero-order valence-electron chi connectivity index (χ0n) is 12.6. The molecule has 0 radical (unpaired) electrons. The van der Waals surface area contributed by atoms with Gasteiger partial charge in [0, 0.05) is 35.0 Å². The van der Waals surface area contributed by atoms with Crippen molar-refractivity contribution in [2.75, 3.05) is 12.8 Å². The average molecular weight is 372 g/mol. The summed E-state index contributed by atoms with van der Waals surface area (Å²) in [5, 5.41) is 1.06. The number of carbonyl (C=O) groups is 1. The summed E-state index contributed by atoms with van der Waals surface area (Å²) in [6.07, 6.45) is 0. The molecule has 0 unspecified atom stereocenters.